The van der Waals surface area contributed by atoms with Crippen LogP contribution in [-0.2, 0) is 0 Å². The highest BCUT2D eigenvalue weighted by Crippen LogP contribution is 2.26. The Morgan fingerprint density at radius 1 is 1.05 bits per heavy atom. The van der Waals surface area contributed by atoms with Gasteiger partial charge in [-0.1, -0.05) is 57.2 Å². The Labute approximate surface area is 237 Å². The second-order valence-electron chi connectivity index (χ2n) is 9.95. The van der Waals surface area contributed by atoms with Gasteiger partial charge in [0.1, 0.15) is 5.82 Å². The molecule has 0 aromatic heterocycles. The lowest BCUT2D eigenvalue weighted by Crippen LogP contribution is -2.41. The Morgan fingerprint density at radius 2 is 1.72 bits per heavy atom. The summed E-state index contributed by atoms with van der Waals surface area (Å²) >= 11 is 0. The summed E-state index contributed by atoms with van der Waals surface area (Å²) in [5, 5.41) is 5.39. The number of allylic oxidation sites excluding steroid dienone is 4. The normalized spacial score (nSPS) is 20.6. The molecule has 3 aliphatic rings. The molecule has 2 N–H and O–H groups in total. The number of nitrogens with one attached hydrogen (secondary N) is 2. The van der Waals surface area contributed by atoms with Crippen molar-refractivity contribution in [1.29, 1.82) is 0 Å². The summed E-state index contributed by atoms with van der Waals surface area (Å²) < 4.78 is 0. The van der Waals surface area contributed by atoms with Crippen LogP contribution in [0, 0.1) is 0 Å². The molecule has 1 fully saturated rings. The molecule has 7 nitrogen and oxygen atoms in total. The van der Waals surface area contributed by atoms with Gasteiger partial charge in [-0.2, -0.15) is 0 Å². The minimum atomic E-state index is 0.0469. The van der Waals surface area contributed by atoms with Gasteiger partial charge in [-0.25, -0.2) is 5.43 Å². The summed E-state index contributed by atoms with van der Waals surface area (Å²) in [7, 11) is 9.68. The van der Waals surface area contributed by atoms with Gasteiger partial charge in [0, 0.05) is 66.1 Å². The number of hydrogen-bond donors (Lipinski definition) is 2. The topological polar surface area (TPSA) is 54.1 Å². The second-order valence-corrected chi connectivity index (χ2v) is 9.95. The highest BCUT2D eigenvalue weighted by molar-refractivity contribution is 5.93. The van der Waals surface area contributed by atoms with Crippen LogP contribution in [0.25, 0.3) is 0 Å². The Hall–Kier alpha value is -3.29. The quantitative estimate of drug-likeness (QED) is 0.574. The first-order valence-corrected chi connectivity index (χ1v) is 14.2. The number of benzene rings is 1. The van der Waals surface area contributed by atoms with Crippen LogP contribution in [-0.4, -0.2) is 93.6 Å². The Morgan fingerprint density at radius 3 is 2.31 bits per heavy atom. The van der Waals surface area contributed by atoms with E-state index in [-0.39, 0.29) is 5.91 Å². The molecule has 0 spiro atoms. The van der Waals surface area contributed by atoms with E-state index in [9.17, 15) is 4.79 Å². The number of amides is 1. The van der Waals surface area contributed by atoms with Gasteiger partial charge in [0.2, 0.25) is 0 Å². The maximum absolute atomic E-state index is 11.3. The van der Waals surface area contributed by atoms with Crippen LogP contribution in [0.2, 0.25) is 0 Å². The SMILES string of the molecule is C=C1/C=C(/CN2CCCCC2)N(C)NC/C=C\1C1=CC=C(NC)N(C)C1.CC.CN(C)C(=O)c1ccccc1. The van der Waals surface area contributed by atoms with Crippen molar-refractivity contribution in [1.82, 2.24) is 30.5 Å². The lowest BCUT2D eigenvalue weighted by molar-refractivity contribution is 0.0827. The van der Waals surface area contributed by atoms with E-state index in [1.807, 2.05) is 51.2 Å². The average molecular weight is 535 g/mol. The molecular formula is C32H50N6O. The zero-order chi connectivity index (χ0) is 28.8. The van der Waals surface area contributed by atoms with Gasteiger partial charge in [0.05, 0.1) is 0 Å². The van der Waals surface area contributed by atoms with E-state index in [2.05, 4.69) is 70.5 Å². The van der Waals surface area contributed by atoms with Gasteiger partial charge in [-0.3, -0.25) is 9.69 Å². The third kappa shape index (κ3) is 9.75. The van der Waals surface area contributed by atoms with Crippen molar-refractivity contribution in [3.05, 3.63) is 95.0 Å². The molecule has 3 heterocycles. The van der Waals surface area contributed by atoms with Crippen LogP contribution < -0.4 is 10.7 Å². The zero-order valence-electron chi connectivity index (χ0n) is 25.3. The van der Waals surface area contributed by atoms with E-state index in [0.717, 1.165) is 36.6 Å². The molecular weight excluding hydrogens is 484 g/mol. The summed E-state index contributed by atoms with van der Waals surface area (Å²) in [5.74, 6) is 1.19. The van der Waals surface area contributed by atoms with Gasteiger partial charge >= 0.3 is 0 Å². The highest BCUT2D eigenvalue weighted by Gasteiger charge is 2.19. The highest BCUT2D eigenvalue weighted by atomic mass is 16.2. The fraction of sp³-hybridized carbons (Fsp3) is 0.469. The molecule has 214 valence electrons. The number of likely N-dealkylation sites (tertiary alicyclic amines) is 1. The largest absolute Gasteiger partial charge is 0.375 e. The molecule has 1 saturated heterocycles. The minimum Gasteiger partial charge on any atom is -0.375 e. The minimum absolute atomic E-state index is 0.0469. The van der Waals surface area contributed by atoms with Crippen LogP contribution in [0.3, 0.4) is 0 Å². The van der Waals surface area contributed by atoms with Crippen LogP contribution in [0.15, 0.2) is 89.5 Å². The third-order valence-corrected chi connectivity index (χ3v) is 6.88. The predicted molar refractivity (Wildman–Crippen MR) is 165 cm³/mol. The lowest BCUT2D eigenvalue weighted by Gasteiger charge is -2.33. The molecule has 0 saturated carbocycles. The lowest BCUT2D eigenvalue weighted by atomic mass is 9.94. The molecule has 4 rings (SSSR count). The fourth-order valence-corrected chi connectivity index (χ4v) is 4.72. The summed E-state index contributed by atoms with van der Waals surface area (Å²) in [5.41, 5.74) is 9.19. The third-order valence-electron chi connectivity index (χ3n) is 6.88. The maximum atomic E-state index is 11.3. The van der Waals surface area contributed by atoms with E-state index >= 15 is 0 Å². The molecule has 0 aliphatic carbocycles. The first kappa shape index (κ1) is 31.9. The first-order chi connectivity index (χ1) is 18.8. The Bertz CT molecular complexity index is 1050. The molecule has 1 aromatic rings. The second kappa shape index (κ2) is 16.6. The van der Waals surface area contributed by atoms with Gasteiger partial charge in [0.25, 0.3) is 5.91 Å². The van der Waals surface area contributed by atoms with Crippen molar-refractivity contribution in [3.8, 4) is 0 Å². The first-order valence-electron chi connectivity index (χ1n) is 14.2. The molecule has 0 unspecified atom stereocenters. The van der Waals surface area contributed by atoms with Crippen molar-refractivity contribution in [2.45, 2.75) is 33.1 Å². The van der Waals surface area contributed by atoms with Crippen LogP contribution in [0.4, 0.5) is 0 Å². The predicted octanol–water partition coefficient (Wildman–Crippen LogP) is 4.64. The molecule has 39 heavy (non-hydrogen) atoms. The number of likely N-dealkylation sites (N-methyl/N-ethyl adjacent to an activating group) is 2. The number of hydrogen-bond acceptors (Lipinski definition) is 6. The van der Waals surface area contributed by atoms with Gasteiger partial charge in [0.15, 0.2) is 0 Å². The van der Waals surface area contributed by atoms with E-state index in [0.29, 0.717) is 0 Å². The summed E-state index contributed by atoms with van der Waals surface area (Å²) in [6.45, 7) is 13.5. The van der Waals surface area contributed by atoms with Crippen LogP contribution in [0.1, 0.15) is 43.5 Å². The van der Waals surface area contributed by atoms with E-state index in [4.69, 9.17) is 0 Å². The molecule has 1 amide bonds. The number of carbonyl (C=O) groups excluding carboxylic acids is 1. The molecule has 1 aromatic carbocycles. The number of piperidine rings is 1. The Kier molecular flexibility index (Phi) is 13.6. The van der Waals surface area contributed by atoms with Gasteiger partial charge in [-0.05, 0) is 66.9 Å². The molecule has 0 atom stereocenters. The fourth-order valence-electron chi connectivity index (χ4n) is 4.72. The van der Waals surface area contributed by atoms with Crippen molar-refractivity contribution >= 4 is 5.91 Å². The number of nitrogens with zero attached hydrogens (tertiary/aromatic N) is 4. The van der Waals surface area contributed by atoms with E-state index in [1.54, 1.807) is 19.0 Å². The van der Waals surface area contributed by atoms with Gasteiger partial charge in [-0.15, -0.1) is 0 Å². The van der Waals surface area contributed by atoms with Gasteiger partial charge < -0.3 is 20.1 Å². The van der Waals surface area contributed by atoms with E-state index in [1.165, 1.54) is 49.2 Å². The monoisotopic (exact) mass is 534 g/mol. The summed E-state index contributed by atoms with van der Waals surface area (Å²) in [6.07, 6.45) is 12.9. The average Bonchev–Trinajstić information content (AvgIpc) is 2.96. The van der Waals surface area contributed by atoms with Crippen molar-refractivity contribution in [2.24, 2.45) is 0 Å². The van der Waals surface area contributed by atoms with Crippen molar-refractivity contribution in [2.75, 3.05) is 68.0 Å². The smallest absolute Gasteiger partial charge is 0.253 e. The van der Waals surface area contributed by atoms with Crippen molar-refractivity contribution in [3.63, 3.8) is 0 Å². The summed E-state index contributed by atoms with van der Waals surface area (Å²) in [6, 6.07) is 9.23. The number of hydrazine groups is 1. The number of carbonyl (C=O) groups is 1. The molecule has 0 radical (unpaired) electrons. The zero-order valence-corrected chi connectivity index (χ0v) is 25.3. The standard InChI is InChI=1S/C21H33N5.C9H11NO.C2H6/c1-17-14-19(16-26-12-6-5-7-13-26)25(4)23-11-10-20(17)18-8-9-21(22-2)24(3)15-18;1-10(2)9(11)8-6-4-3-5-7-8;1-2/h8-10,14,22-23H,1,5-7,11-13,15-16H2,2-4H3;3-7H,1-2H3;1-2H3/b19-14-,20-10+;;. The Balaban J connectivity index is 0.000000343. The van der Waals surface area contributed by atoms with E-state index < -0.39 is 0 Å². The molecule has 0 bridgehead atoms. The van der Waals surface area contributed by atoms with Crippen molar-refractivity contribution < 1.29 is 4.79 Å². The van der Waals surface area contributed by atoms with Crippen LogP contribution >= 0.6 is 0 Å². The molecule has 7 heteroatoms. The molecule has 3 aliphatic heterocycles. The summed E-state index contributed by atoms with van der Waals surface area (Å²) in [4.78, 5) is 17.6. The van der Waals surface area contributed by atoms with Crippen LogP contribution in [0.5, 0.6) is 0 Å². The maximum Gasteiger partial charge on any atom is 0.253 e. The number of rotatable bonds is 5.